The first kappa shape index (κ1) is 33.1. The van der Waals surface area contributed by atoms with Gasteiger partial charge in [-0.2, -0.15) is 8.78 Å². The maximum atomic E-state index is 16.1. The van der Waals surface area contributed by atoms with E-state index in [-0.39, 0.29) is 11.3 Å². The van der Waals surface area contributed by atoms with Crippen molar-refractivity contribution in [1.29, 1.82) is 0 Å². The number of anilines is 2. The van der Waals surface area contributed by atoms with Crippen LogP contribution >= 0.6 is 0 Å². The summed E-state index contributed by atoms with van der Waals surface area (Å²) >= 11 is 0. The number of aryl methyl sites for hydroxylation is 2. The number of fused-ring (bicyclic) bond motifs is 1. The molecule has 13 heteroatoms. The Hall–Kier alpha value is -2.77. The number of halogens is 3. The van der Waals surface area contributed by atoms with Crippen LogP contribution in [0.15, 0.2) is 24.3 Å². The SMILES string of the molecule is CC[Si](CC)(CC)OC(C)(C)C(F)(F)c1cccc(C(C)Nc2nc(C)nc3nc(C)c(N4CCCS4(=O)=O)cc23)c1F. The third-order valence-electron chi connectivity index (χ3n) is 8.68. The van der Waals surface area contributed by atoms with E-state index in [0.717, 1.165) is 6.07 Å². The average molecular weight is 638 g/mol. The van der Waals surface area contributed by atoms with Gasteiger partial charge in [0.15, 0.2) is 14.0 Å². The molecule has 1 aliphatic rings. The molecule has 8 nitrogen and oxygen atoms in total. The zero-order valence-electron chi connectivity index (χ0n) is 26.2. The Balaban J connectivity index is 1.73. The summed E-state index contributed by atoms with van der Waals surface area (Å²) in [5.41, 5.74) is -1.35. The topological polar surface area (TPSA) is 97.3 Å². The first-order chi connectivity index (χ1) is 20.0. The fraction of sp³-hybridized carbons (Fsp3) is 0.567. The Kier molecular flexibility index (Phi) is 9.21. The van der Waals surface area contributed by atoms with Gasteiger partial charge in [0.1, 0.15) is 23.1 Å². The zero-order valence-corrected chi connectivity index (χ0v) is 28.0. The Morgan fingerprint density at radius 1 is 1.09 bits per heavy atom. The number of alkyl halides is 2. The summed E-state index contributed by atoms with van der Waals surface area (Å²) in [6.45, 7) is 14.0. The van der Waals surface area contributed by atoms with E-state index < -0.39 is 47.3 Å². The molecule has 0 amide bonds. The summed E-state index contributed by atoms with van der Waals surface area (Å²) in [5, 5.41) is 3.60. The van der Waals surface area contributed by atoms with Crippen LogP contribution in [0.3, 0.4) is 0 Å². The lowest BCUT2D eigenvalue weighted by molar-refractivity contribution is -0.161. The second-order valence-corrected chi connectivity index (χ2v) is 18.5. The summed E-state index contributed by atoms with van der Waals surface area (Å²) in [6.07, 6.45) is 0.507. The maximum Gasteiger partial charge on any atom is 0.302 e. The van der Waals surface area contributed by atoms with E-state index in [1.165, 1.54) is 30.3 Å². The lowest BCUT2D eigenvalue weighted by Crippen LogP contribution is -2.52. The molecule has 1 saturated heterocycles. The van der Waals surface area contributed by atoms with Gasteiger partial charge in [0.25, 0.3) is 0 Å². The molecule has 4 rings (SSSR count). The molecule has 1 N–H and O–H groups in total. The highest BCUT2D eigenvalue weighted by Crippen LogP contribution is 2.46. The van der Waals surface area contributed by atoms with Gasteiger partial charge in [-0.1, -0.05) is 32.9 Å². The van der Waals surface area contributed by atoms with Gasteiger partial charge in [0.05, 0.1) is 34.1 Å². The predicted molar refractivity (Wildman–Crippen MR) is 167 cm³/mol. The first-order valence-corrected chi connectivity index (χ1v) is 19.0. The maximum absolute atomic E-state index is 16.1. The van der Waals surface area contributed by atoms with Gasteiger partial charge in [-0.15, -0.1) is 0 Å². The molecule has 0 saturated carbocycles. The Morgan fingerprint density at radius 3 is 2.33 bits per heavy atom. The van der Waals surface area contributed by atoms with Crippen molar-refractivity contribution in [2.75, 3.05) is 21.9 Å². The zero-order chi connectivity index (χ0) is 32.0. The number of nitrogens with zero attached hydrogens (tertiary/aromatic N) is 4. The van der Waals surface area contributed by atoms with Crippen LogP contribution in [0.5, 0.6) is 0 Å². The van der Waals surface area contributed by atoms with Gasteiger partial charge in [-0.3, -0.25) is 4.31 Å². The Morgan fingerprint density at radius 2 is 1.74 bits per heavy atom. The second-order valence-electron chi connectivity index (χ2n) is 11.8. The molecule has 1 aromatic carbocycles. The fourth-order valence-corrected chi connectivity index (χ4v) is 10.6. The van der Waals surface area contributed by atoms with E-state index in [9.17, 15) is 8.42 Å². The standard InChI is InChI=1S/C30H42F3N5O3SSi/c1-9-43(10-2,11-3)41-29(7,8)30(32,33)24-15-12-14-22(26(24)31)19(4)34-27-23-18-25(38-16-13-17-42(38,39)40)20(5)35-28(23)37-21(6)36-27/h12,14-15,18-19H,9-11,13,16-17H2,1-8H3,(H,34,35,36,37). The van der Waals surface area contributed by atoms with Gasteiger partial charge in [0.2, 0.25) is 10.0 Å². The molecule has 0 spiro atoms. The van der Waals surface area contributed by atoms with Crippen LogP contribution in [-0.4, -0.2) is 49.6 Å². The van der Waals surface area contributed by atoms with Crippen LogP contribution in [0.25, 0.3) is 11.0 Å². The first-order valence-electron chi connectivity index (χ1n) is 14.8. The number of hydrogen-bond donors (Lipinski definition) is 1. The largest absolute Gasteiger partial charge is 0.405 e. The minimum absolute atomic E-state index is 0.0322. The summed E-state index contributed by atoms with van der Waals surface area (Å²) in [5.74, 6) is -3.89. The predicted octanol–water partition coefficient (Wildman–Crippen LogP) is 7.39. The number of sulfonamides is 1. The number of hydrogen-bond acceptors (Lipinski definition) is 7. The van der Waals surface area contributed by atoms with Crippen molar-refractivity contribution in [2.45, 2.75) is 97.5 Å². The molecule has 2 aromatic heterocycles. The molecule has 236 valence electrons. The van der Waals surface area contributed by atoms with Crippen LogP contribution in [0.2, 0.25) is 18.1 Å². The number of rotatable bonds is 11. The van der Waals surface area contributed by atoms with Crippen LogP contribution in [0.1, 0.15) is 76.7 Å². The highest BCUT2D eigenvalue weighted by atomic mass is 32.2. The monoisotopic (exact) mass is 637 g/mol. The third-order valence-corrected chi connectivity index (χ3v) is 15.3. The summed E-state index contributed by atoms with van der Waals surface area (Å²) in [4.78, 5) is 13.4. The van der Waals surface area contributed by atoms with Crippen LogP contribution in [0.4, 0.5) is 24.7 Å². The van der Waals surface area contributed by atoms with Gasteiger partial charge >= 0.3 is 5.92 Å². The quantitative estimate of drug-likeness (QED) is 0.219. The van der Waals surface area contributed by atoms with E-state index in [4.69, 9.17) is 4.43 Å². The van der Waals surface area contributed by atoms with Crippen molar-refractivity contribution in [3.05, 3.63) is 52.7 Å². The van der Waals surface area contributed by atoms with Crippen LogP contribution < -0.4 is 9.62 Å². The molecule has 0 bridgehead atoms. The fourth-order valence-electron chi connectivity index (χ4n) is 5.82. The molecular formula is C30H42F3N5O3SSi. The number of aromatic nitrogens is 3. The van der Waals surface area contributed by atoms with Crippen molar-refractivity contribution in [2.24, 2.45) is 0 Å². The van der Waals surface area contributed by atoms with Gasteiger partial charge < -0.3 is 9.74 Å². The molecule has 0 aliphatic carbocycles. The van der Waals surface area contributed by atoms with Crippen molar-refractivity contribution >= 4 is 40.9 Å². The van der Waals surface area contributed by atoms with Crippen LogP contribution in [-0.2, 0) is 20.4 Å². The molecule has 3 aromatic rings. The number of nitrogens with one attached hydrogen (secondary N) is 1. The lowest BCUT2D eigenvalue weighted by atomic mass is 9.91. The normalized spacial score (nSPS) is 16.6. The molecule has 3 heterocycles. The average Bonchev–Trinajstić information content (AvgIpc) is 3.29. The third kappa shape index (κ3) is 6.12. The van der Waals surface area contributed by atoms with Gasteiger partial charge in [-0.25, -0.2) is 27.8 Å². The van der Waals surface area contributed by atoms with Crippen molar-refractivity contribution in [3.8, 4) is 0 Å². The van der Waals surface area contributed by atoms with E-state index >= 15 is 13.2 Å². The molecule has 0 radical (unpaired) electrons. The second kappa shape index (κ2) is 12.0. The Labute approximate surface area is 253 Å². The van der Waals surface area contributed by atoms with Gasteiger partial charge in [-0.05, 0) is 71.3 Å². The highest BCUT2D eigenvalue weighted by molar-refractivity contribution is 7.93. The molecular weight excluding hydrogens is 596 g/mol. The number of pyridine rings is 1. The number of benzene rings is 1. The van der Waals surface area contributed by atoms with E-state index in [0.29, 0.717) is 65.2 Å². The Bertz CT molecular complexity index is 1610. The molecule has 1 fully saturated rings. The highest BCUT2D eigenvalue weighted by Gasteiger charge is 2.54. The molecule has 1 atom stereocenters. The molecule has 1 aliphatic heterocycles. The van der Waals surface area contributed by atoms with E-state index in [2.05, 4.69) is 20.3 Å². The summed E-state index contributed by atoms with van der Waals surface area (Å²) in [6, 6.07) is 6.95. The van der Waals surface area contributed by atoms with Crippen molar-refractivity contribution in [1.82, 2.24) is 15.0 Å². The molecule has 1 unspecified atom stereocenters. The lowest BCUT2D eigenvalue weighted by Gasteiger charge is -2.42. The van der Waals surface area contributed by atoms with E-state index in [1.54, 1.807) is 26.8 Å². The molecule has 43 heavy (non-hydrogen) atoms. The summed E-state index contributed by atoms with van der Waals surface area (Å²) in [7, 11) is -5.90. The minimum atomic E-state index is -3.61. The van der Waals surface area contributed by atoms with Crippen LogP contribution in [0, 0.1) is 19.7 Å². The van der Waals surface area contributed by atoms with Gasteiger partial charge in [0, 0.05) is 12.1 Å². The van der Waals surface area contributed by atoms with E-state index in [1.807, 2.05) is 20.8 Å². The van der Waals surface area contributed by atoms with Crippen molar-refractivity contribution < 1.29 is 26.0 Å². The summed E-state index contributed by atoms with van der Waals surface area (Å²) < 4.78 is 81.1. The smallest absolute Gasteiger partial charge is 0.302 e. The minimum Gasteiger partial charge on any atom is -0.405 e. The van der Waals surface area contributed by atoms with Crippen molar-refractivity contribution in [3.63, 3.8) is 0 Å².